The molecule has 100 valence electrons. The molecule has 0 aliphatic carbocycles. The Morgan fingerprint density at radius 3 is 2.94 bits per heavy atom. The van der Waals surface area contributed by atoms with E-state index < -0.39 is 0 Å². The van der Waals surface area contributed by atoms with Crippen molar-refractivity contribution in [3.63, 3.8) is 0 Å². The molecule has 1 atom stereocenters. The maximum atomic E-state index is 4.75. The maximum Gasteiger partial charge on any atom is 0.128 e. The van der Waals surface area contributed by atoms with E-state index in [1.54, 1.807) is 0 Å². The lowest BCUT2D eigenvalue weighted by Gasteiger charge is -2.19. The standard InChI is InChI=1S/C15H25N3/c1-4-5-13-8-9-18(11-13)15-7-6-14(10-16-3)12(2)17-15/h6-7,13,16H,4-5,8-11H2,1-3H3. The minimum atomic E-state index is 0.870. The van der Waals surface area contributed by atoms with Crippen molar-refractivity contribution in [3.05, 3.63) is 23.4 Å². The first-order chi connectivity index (χ1) is 8.74. The highest BCUT2D eigenvalue weighted by atomic mass is 15.2. The first-order valence-electron chi connectivity index (χ1n) is 7.10. The van der Waals surface area contributed by atoms with Gasteiger partial charge in [0.15, 0.2) is 0 Å². The summed E-state index contributed by atoms with van der Waals surface area (Å²) in [6.07, 6.45) is 3.98. The van der Waals surface area contributed by atoms with Crippen molar-refractivity contribution in [1.82, 2.24) is 10.3 Å². The third-order valence-corrected chi connectivity index (χ3v) is 3.85. The Labute approximate surface area is 111 Å². The molecule has 1 aliphatic heterocycles. The van der Waals surface area contributed by atoms with Gasteiger partial charge in [-0.05, 0) is 44.4 Å². The largest absolute Gasteiger partial charge is 0.356 e. The van der Waals surface area contributed by atoms with Gasteiger partial charge in [0, 0.05) is 25.3 Å². The summed E-state index contributed by atoms with van der Waals surface area (Å²) in [4.78, 5) is 7.20. The lowest BCUT2D eigenvalue weighted by Crippen LogP contribution is -2.21. The first kappa shape index (κ1) is 13.3. The third kappa shape index (κ3) is 3.02. The summed E-state index contributed by atoms with van der Waals surface area (Å²) in [6, 6.07) is 4.38. The average molecular weight is 247 g/mol. The molecule has 0 spiro atoms. The van der Waals surface area contributed by atoms with Crippen LogP contribution in [0.1, 0.15) is 37.4 Å². The molecule has 1 N–H and O–H groups in total. The van der Waals surface area contributed by atoms with E-state index in [4.69, 9.17) is 4.98 Å². The fourth-order valence-corrected chi connectivity index (χ4v) is 2.81. The highest BCUT2D eigenvalue weighted by Gasteiger charge is 2.22. The van der Waals surface area contributed by atoms with Crippen LogP contribution in [-0.4, -0.2) is 25.1 Å². The summed E-state index contributed by atoms with van der Waals surface area (Å²) in [6.45, 7) is 7.64. The van der Waals surface area contributed by atoms with E-state index in [2.05, 4.69) is 36.2 Å². The fourth-order valence-electron chi connectivity index (χ4n) is 2.81. The highest BCUT2D eigenvalue weighted by molar-refractivity contribution is 5.42. The molecule has 1 fully saturated rings. The van der Waals surface area contributed by atoms with Gasteiger partial charge < -0.3 is 10.2 Å². The molecule has 1 aromatic rings. The van der Waals surface area contributed by atoms with Gasteiger partial charge in [-0.15, -0.1) is 0 Å². The number of aromatic nitrogens is 1. The van der Waals surface area contributed by atoms with Gasteiger partial charge >= 0.3 is 0 Å². The summed E-state index contributed by atoms with van der Waals surface area (Å²) in [5.74, 6) is 2.03. The number of anilines is 1. The molecule has 3 heteroatoms. The topological polar surface area (TPSA) is 28.2 Å². The Bertz CT molecular complexity index is 389. The smallest absolute Gasteiger partial charge is 0.128 e. The van der Waals surface area contributed by atoms with E-state index in [1.807, 2.05) is 7.05 Å². The molecule has 2 heterocycles. The second-order valence-corrected chi connectivity index (χ2v) is 5.33. The van der Waals surface area contributed by atoms with E-state index in [1.165, 1.54) is 37.9 Å². The van der Waals surface area contributed by atoms with Crippen LogP contribution in [0.25, 0.3) is 0 Å². The zero-order valence-electron chi connectivity index (χ0n) is 11.9. The molecule has 1 saturated heterocycles. The molecule has 1 aromatic heterocycles. The Morgan fingerprint density at radius 1 is 1.44 bits per heavy atom. The number of rotatable bonds is 5. The van der Waals surface area contributed by atoms with Crippen LogP contribution in [0.2, 0.25) is 0 Å². The van der Waals surface area contributed by atoms with Crippen molar-refractivity contribution in [2.45, 2.75) is 39.7 Å². The van der Waals surface area contributed by atoms with E-state index in [0.717, 1.165) is 24.0 Å². The summed E-state index contributed by atoms with van der Waals surface area (Å²) >= 11 is 0. The van der Waals surface area contributed by atoms with Crippen LogP contribution < -0.4 is 10.2 Å². The van der Waals surface area contributed by atoms with Crippen LogP contribution in [0.15, 0.2) is 12.1 Å². The number of aryl methyl sites for hydroxylation is 1. The Balaban J connectivity index is 2.04. The number of hydrogen-bond acceptors (Lipinski definition) is 3. The molecule has 0 bridgehead atoms. The van der Waals surface area contributed by atoms with Crippen LogP contribution in [0.4, 0.5) is 5.82 Å². The predicted octanol–water partition coefficient (Wildman–Crippen LogP) is 2.74. The van der Waals surface area contributed by atoms with Crippen molar-refractivity contribution in [2.75, 3.05) is 25.0 Å². The molecule has 0 amide bonds. The van der Waals surface area contributed by atoms with Crippen LogP contribution in [0.5, 0.6) is 0 Å². The Morgan fingerprint density at radius 2 is 2.28 bits per heavy atom. The van der Waals surface area contributed by atoms with Gasteiger partial charge in [0.1, 0.15) is 5.82 Å². The van der Waals surface area contributed by atoms with Crippen molar-refractivity contribution >= 4 is 5.82 Å². The lowest BCUT2D eigenvalue weighted by molar-refractivity contribution is 0.529. The fraction of sp³-hybridized carbons (Fsp3) is 0.667. The quantitative estimate of drug-likeness (QED) is 0.867. The van der Waals surface area contributed by atoms with E-state index in [0.29, 0.717) is 0 Å². The molecule has 3 nitrogen and oxygen atoms in total. The van der Waals surface area contributed by atoms with Crippen LogP contribution in [-0.2, 0) is 6.54 Å². The number of nitrogens with one attached hydrogen (secondary N) is 1. The molecule has 1 aliphatic rings. The van der Waals surface area contributed by atoms with Crippen molar-refractivity contribution in [2.24, 2.45) is 5.92 Å². The average Bonchev–Trinajstić information content (AvgIpc) is 2.81. The van der Waals surface area contributed by atoms with Gasteiger partial charge in [-0.25, -0.2) is 4.98 Å². The van der Waals surface area contributed by atoms with Gasteiger partial charge in [-0.1, -0.05) is 19.4 Å². The van der Waals surface area contributed by atoms with E-state index in [9.17, 15) is 0 Å². The summed E-state index contributed by atoms with van der Waals surface area (Å²) in [5.41, 5.74) is 2.45. The molecule has 2 rings (SSSR count). The second kappa shape index (κ2) is 6.19. The van der Waals surface area contributed by atoms with Crippen LogP contribution in [0.3, 0.4) is 0 Å². The minimum Gasteiger partial charge on any atom is -0.356 e. The normalized spacial score (nSPS) is 19.5. The predicted molar refractivity (Wildman–Crippen MR) is 77.0 cm³/mol. The molecule has 1 unspecified atom stereocenters. The SMILES string of the molecule is CCCC1CCN(c2ccc(CNC)c(C)n2)C1. The van der Waals surface area contributed by atoms with E-state index >= 15 is 0 Å². The molecule has 18 heavy (non-hydrogen) atoms. The van der Waals surface area contributed by atoms with Crippen molar-refractivity contribution in [1.29, 1.82) is 0 Å². The van der Waals surface area contributed by atoms with Crippen LogP contribution in [0, 0.1) is 12.8 Å². The zero-order valence-corrected chi connectivity index (χ0v) is 11.9. The van der Waals surface area contributed by atoms with Gasteiger partial charge in [0.2, 0.25) is 0 Å². The van der Waals surface area contributed by atoms with Crippen LogP contribution >= 0.6 is 0 Å². The summed E-state index contributed by atoms with van der Waals surface area (Å²) in [7, 11) is 1.98. The summed E-state index contributed by atoms with van der Waals surface area (Å²) < 4.78 is 0. The lowest BCUT2D eigenvalue weighted by atomic mass is 10.0. The molecule has 0 saturated carbocycles. The van der Waals surface area contributed by atoms with Crippen molar-refractivity contribution < 1.29 is 0 Å². The molecular formula is C15H25N3. The number of hydrogen-bond donors (Lipinski definition) is 1. The molecular weight excluding hydrogens is 222 g/mol. The molecule has 0 radical (unpaired) electrons. The highest BCUT2D eigenvalue weighted by Crippen LogP contribution is 2.25. The zero-order chi connectivity index (χ0) is 13.0. The maximum absolute atomic E-state index is 4.75. The number of pyridine rings is 1. The van der Waals surface area contributed by atoms with Gasteiger partial charge in [-0.3, -0.25) is 0 Å². The van der Waals surface area contributed by atoms with Crippen molar-refractivity contribution in [3.8, 4) is 0 Å². The number of nitrogens with zero attached hydrogens (tertiary/aromatic N) is 2. The third-order valence-electron chi connectivity index (χ3n) is 3.85. The second-order valence-electron chi connectivity index (χ2n) is 5.33. The monoisotopic (exact) mass is 247 g/mol. The van der Waals surface area contributed by atoms with Gasteiger partial charge in [0.25, 0.3) is 0 Å². The summed E-state index contributed by atoms with van der Waals surface area (Å²) in [5, 5.41) is 3.18. The Hall–Kier alpha value is -1.09. The Kier molecular flexibility index (Phi) is 4.59. The van der Waals surface area contributed by atoms with Gasteiger partial charge in [-0.2, -0.15) is 0 Å². The minimum absolute atomic E-state index is 0.870. The van der Waals surface area contributed by atoms with Gasteiger partial charge in [0.05, 0.1) is 0 Å². The first-order valence-corrected chi connectivity index (χ1v) is 7.10. The van der Waals surface area contributed by atoms with E-state index in [-0.39, 0.29) is 0 Å². The molecule has 0 aromatic carbocycles.